The second-order valence-electron chi connectivity index (χ2n) is 5.57. The molecule has 0 aliphatic carbocycles. The lowest BCUT2D eigenvalue weighted by molar-refractivity contribution is 0.0330. The number of nitriles is 1. The summed E-state index contributed by atoms with van der Waals surface area (Å²) in [6.07, 6.45) is 0.686. The van der Waals surface area contributed by atoms with Gasteiger partial charge in [-0.15, -0.1) is 0 Å². The molecular weight excluding hydrogens is 228 g/mol. The minimum absolute atomic E-state index is 0.295. The summed E-state index contributed by atoms with van der Waals surface area (Å²) in [6, 6.07) is 2.60. The van der Waals surface area contributed by atoms with E-state index >= 15 is 0 Å². The molecule has 0 aliphatic heterocycles. The van der Waals surface area contributed by atoms with E-state index in [-0.39, 0.29) is 0 Å². The average molecular weight is 256 g/mol. The van der Waals surface area contributed by atoms with Gasteiger partial charge < -0.3 is 9.47 Å². The molecule has 0 aromatic carbocycles. The van der Waals surface area contributed by atoms with E-state index in [4.69, 9.17) is 14.7 Å². The SMILES string of the molecule is CC(C)COCCOCCC(C)(C#N)NC(C)C. The van der Waals surface area contributed by atoms with Crippen molar-refractivity contribution < 1.29 is 9.47 Å². The molecule has 4 nitrogen and oxygen atoms in total. The van der Waals surface area contributed by atoms with Gasteiger partial charge in [0, 0.05) is 25.7 Å². The first-order valence-electron chi connectivity index (χ1n) is 6.74. The van der Waals surface area contributed by atoms with Crippen molar-refractivity contribution in [1.29, 1.82) is 5.26 Å². The van der Waals surface area contributed by atoms with Crippen molar-refractivity contribution in [2.45, 2.75) is 52.6 Å². The summed E-state index contributed by atoms with van der Waals surface area (Å²) in [6.45, 7) is 12.8. The van der Waals surface area contributed by atoms with Gasteiger partial charge in [-0.05, 0) is 26.7 Å². The molecule has 0 amide bonds. The van der Waals surface area contributed by atoms with E-state index in [9.17, 15) is 0 Å². The smallest absolute Gasteiger partial charge is 0.106 e. The van der Waals surface area contributed by atoms with Crippen molar-refractivity contribution in [3.05, 3.63) is 0 Å². The summed E-state index contributed by atoms with van der Waals surface area (Å²) in [5.74, 6) is 0.558. The lowest BCUT2D eigenvalue weighted by Crippen LogP contribution is -2.45. The summed E-state index contributed by atoms with van der Waals surface area (Å²) in [5, 5.41) is 12.4. The molecule has 0 heterocycles. The highest BCUT2D eigenvalue weighted by molar-refractivity contribution is 5.04. The maximum Gasteiger partial charge on any atom is 0.106 e. The zero-order valence-electron chi connectivity index (χ0n) is 12.5. The molecule has 4 heteroatoms. The third kappa shape index (κ3) is 9.41. The van der Waals surface area contributed by atoms with Crippen molar-refractivity contribution in [3.63, 3.8) is 0 Å². The first-order valence-corrected chi connectivity index (χ1v) is 6.74. The first-order chi connectivity index (χ1) is 8.39. The second kappa shape index (κ2) is 9.32. The molecule has 1 unspecified atom stereocenters. The van der Waals surface area contributed by atoms with Crippen LogP contribution in [-0.4, -0.2) is 38.0 Å². The maximum atomic E-state index is 9.14. The molecule has 0 rings (SSSR count). The summed E-state index contributed by atoms with van der Waals surface area (Å²) < 4.78 is 10.9. The molecule has 0 spiro atoms. The van der Waals surface area contributed by atoms with Gasteiger partial charge in [0.25, 0.3) is 0 Å². The van der Waals surface area contributed by atoms with Crippen LogP contribution >= 0.6 is 0 Å². The van der Waals surface area contributed by atoms with E-state index in [0.717, 1.165) is 6.61 Å². The summed E-state index contributed by atoms with van der Waals surface area (Å²) >= 11 is 0. The van der Waals surface area contributed by atoms with E-state index in [1.807, 2.05) is 20.8 Å². The fourth-order valence-corrected chi connectivity index (χ4v) is 1.61. The Morgan fingerprint density at radius 2 is 1.72 bits per heavy atom. The van der Waals surface area contributed by atoms with Crippen LogP contribution < -0.4 is 5.32 Å². The first kappa shape index (κ1) is 17.4. The molecular formula is C14H28N2O2. The van der Waals surface area contributed by atoms with Gasteiger partial charge in [0.2, 0.25) is 0 Å². The van der Waals surface area contributed by atoms with E-state index in [1.54, 1.807) is 0 Å². The van der Waals surface area contributed by atoms with Crippen LogP contribution in [0.1, 0.15) is 41.0 Å². The Kier molecular flexibility index (Phi) is 8.99. The van der Waals surface area contributed by atoms with Gasteiger partial charge in [-0.3, -0.25) is 5.32 Å². The van der Waals surface area contributed by atoms with Crippen LogP contribution in [0, 0.1) is 17.2 Å². The highest BCUT2D eigenvalue weighted by Gasteiger charge is 2.23. The van der Waals surface area contributed by atoms with E-state index in [1.165, 1.54) is 0 Å². The largest absolute Gasteiger partial charge is 0.379 e. The molecule has 0 aromatic rings. The monoisotopic (exact) mass is 256 g/mol. The molecule has 18 heavy (non-hydrogen) atoms. The minimum atomic E-state index is -0.507. The quantitative estimate of drug-likeness (QED) is 0.610. The molecule has 0 saturated heterocycles. The van der Waals surface area contributed by atoms with Gasteiger partial charge in [0.05, 0.1) is 19.3 Å². The van der Waals surface area contributed by atoms with E-state index in [2.05, 4.69) is 25.2 Å². The molecule has 0 radical (unpaired) electrons. The third-order valence-corrected chi connectivity index (χ3v) is 2.42. The molecule has 0 aromatic heterocycles. The molecule has 106 valence electrons. The van der Waals surface area contributed by atoms with Crippen LogP contribution in [0.25, 0.3) is 0 Å². The Morgan fingerprint density at radius 1 is 1.11 bits per heavy atom. The van der Waals surface area contributed by atoms with Crippen molar-refractivity contribution >= 4 is 0 Å². The van der Waals surface area contributed by atoms with Gasteiger partial charge in [-0.25, -0.2) is 0 Å². The van der Waals surface area contributed by atoms with Gasteiger partial charge in [-0.2, -0.15) is 5.26 Å². The van der Waals surface area contributed by atoms with E-state index in [0.29, 0.717) is 38.2 Å². The zero-order valence-corrected chi connectivity index (χ0v) is 12.5. The number of nitrogens with one attached hydrogen (secondary N) is 1. The fourth-order valence-electron chi connectivity index (χ4n) is 1.61. The van der Waals surface area contributed by atoms with Crippen LogP contribution in [0.3, 0.4) is 0 Å². The summed E-state index contributed by atoms with van der Waals surface area (Å²) in [7, 11) is 0. The highest BCUT2D eigenvalue weighted by atomic mass is 16.5. The van der Waals surface area contributed by atoms with Crippen molar-refractivity contribution in [1.82, 2.24) is 5.32 Å². The molecule has 1 N–H and O–H groups in total. The number of rotatable bonds is 10. The Morgan fingerprint density at radius 3 is 2.22 bits per heavy atom. The third-order valence-electron chi connectivity index (χ3n) is 2.42. The molecule has 0 saturated carbocycles. The number of hydrogen-bond donors (Lipinski definition) is 1. The van der Waals surface area contributed by atoms with Crippen LogP contribution in [0.5, 0.6) is 0 Å². The van der Waals surface area contributed by atoms with Crippen molar-refractivity contribution in [2.75, 3.05) is 26.4 Å². The lowest BCUT2D eigenvalue weighted by atomic mass is 9.99. The van der Waals surface area contributed by atoms with Crippen molar-refractivity contribution in [2.24, 2.45) is 5.92 Å². The lowest BCUT2D eigenvalue weighted by Gasteiger charge is -2.25. The number of ether oxygens (including phenoxy) is 2. The van der Waals surface area contributed by atoms with Crippen LogP contribution in [0.15, 0.2) is 0 Å². The minimum Gasteiger partial charge on any atom is -0.379 e. The van der Waals surface area contributed by atoms with Gasteiger partial charge >= 0.3 is 0 Å². The standard InChI is InChI=1S/C14H28N2O2/c1-12(2)10-18-9-8-17-7-6-14(5,11-15)16-13(3)4/h12-13,16H,6-10H2,1-5H3. The molecule has 0 fully saturated rings. The summed E-state index contributed by atoms with van der Waals surface area (Å²) in [5.41, 5.74) is -0.507. The topological polar surface area (TPSA) is 54.3 Å². The van der Waals surface area contributed by atoms with Crippen molar-refractivity contribution in [3.8, 4) is 6.07 Å². The van der Waals surface area contributed by atoms with Crippen LogP contribution in [0.2, 0.25) is 0 Å². The van der Waals surface area contributed by atoms with E-state index < -0.39 is 5.54 Å². The van der Waals surface area contributed by atoms with Gasteiger partial charge in [0.15, 0.2) is 0 Å². The summed E-state index contributed by atoms with van der Waals surface area (Å²) in [4.78, 5) is 0. The Balaban J connectivity index is 3.60. The Labute approximate surface area is 112 Å². The normalized spacial score (nSPS) is 14.8. The predicted molar refractivity (Wildman–Crippen MR) is 73.4 cm³/mol. The average Bonchev–Trinajstić information content (AvgIpc) is 2.26. The van der Waals surface area contributed by atoms with Gasteiger partial charge in [-0.1, -0.05) is 13.8 Å². The number of hydrogen-bond acceptors (Lipinski definition) is 4. The van der Waals surface area contributed by atoms with Gasteiger partial charge in [0.1, 0.15) is 5.54 Å². The zero-order chi connectivity index (χ0) is 14.0. The molecule has 1 atom stereocenters. The molecule has 0 aliphatic rings. The Hall–Kier alpha value is -0.630. The molecule has 0 bridgehead atoms. The fraction of sp³-hybridized carbons (Fsp3) is 0.929. The number of nitrogens with zero attached hydrogens (tertiary/aromatic N) is 1. The Bertz CT molecular complexity index is 249. The predicted octanol–water partition coefficient (Wildman–Crippen LogP) is 2.35. The van der Waals surface area contributed by atoms with Crippen LogP contribution in [-0.2, 0) is 9.47 Å². The van der Waals surface area contributed by atoms with Crippen LogP contribution in [0.4, 0.5) is 0 Å². The maximum absolute atomic E-state index is 9.14. The second-order valence-corrected chi connectivity index (χ2v) is 5.57. The highest BCUT2D eigenvalue weighted by Crippen LogP contribution is 2.09.